The molecule has 1 aliphatic heterocycles. The predicted octanol–water partition coefficient (Wildman–Crippen LogP) is 1.77. The molecule has 1 fully saturated rings. The Morgan fingerprint density at radius 3 is 2.63 bits per heavy atom. The number of halogens is 2. The van der Waals surface area contributed by atoms with Crippen molar-refractivity contribution in [1.82, 2.24) is 15.3 Å². The fourth-order valence-electron chi connectivity index (χ4n) is 2.98. The van der Waals surface area contributed by atoms with Gasteiger partial charge in [0.25, 0.3) is 5.91 Å². The number of primary amides is 1. The van der Waals surface area contributed by atoms with Crippen LogP contribution in [0.5, 0.6) is 5.75 Å². The van der Waals surface area contributed by atoms with Gasteiger partial charge in [0, 0.05) is 12.2 Å². The molecule has 1 saturated heterocycles. The maximum absolute atomic E-state index is 13.0. The second-order valence-corrected chi connectivity index (χ2v) is 6.08. The fraction of sp³-hybridized carbons (Fsp3) is 0.389. The van der Waals surface area contributed by atoms with E-state index in [1.807, 2.05) is 0 Å². The summed E-state index contributed by atoms with van der Waals surface area (Å²) in [5, 5.41) is 3.33. The number of hydrogen-bond donors (Lipinski definition) is 2. The first-order valence-corrected chi connectivity index (χ1v) is 8.62. The fourth-order valence-corrected chi connectivity index (χ4v) is 2.98. The molecule has 0 radical (unpaired) electrons. The highest BCUT2D eigenvalue weighted by molar-refractivity contribution is 5.90. The number of ether oxygens (including phenoxy) is 1. The minimum atomic E-state index is -0.582. The van der Waals surface area contributed by atoms with E-state index in [-0.39, 0.29) is 30.0 Å². The maximum atomic E-state index is 13.0. The Morgan fingerprint density at radius 2 is 1.96 bits per heavy atom. The van der Waals surface area contributed by atoms with E-state index in [0.717, 1.165) is 25.9 Å². The molecule has 9 heteroatoms. The molecule has 0 saturated carbocycles. The molecule has 7 nitrogen and oxygen atoms in total. The van der Waals surface area contributed by atoms with Crippen molar-refractivity contribution in [3.05, 3.63) is 48.0 Å². The largest absolute Gasteiger partial charge is 0.492 e. The van der Waals surface area contributed by atoms with Crippen LogP contribution in [-0.4, -0.2) is 48.2 Å². The number of anilines is 1. The number of aromatic nitrogens is 2. The molecule has 27 heavy (non-hydrogen) atoms. The van der Waals surface area contributed by atoms with Crippen LogP contribution in [0.25, 0.3) is 0 Å². The summed E-state index contributed by atoms with van der Waals surface area (Å²) in [6.07, 6.45) is 3.43. The van der Waals surface area contributed by atoms with Gasteiger partial charge in [0.2, 0.25) is 5.95 Å². The van der Waals surface area contributed by atoms with Crippen LogP contribution in [0.15, 0.2) is 36.5 Å². The topological polar surface area (TPSA) is 93.4 Å². The van der Waals surface area contributed by atoms with E-state index in [2.05, 4.69) is 20.2 Å². The standard InChI is InChI=1S/C18H22FN5O2.ClH/c19-13-1-3-15(4-2-13)26-12-11-24(14-5-8-21-9-6-14)18-22-10-7-16(23-18)17(20)25;/h1-4,7,10,14,21H,5-6,8-9,11-12H2,(H2,20,25);1H. The van der Waals surface area contributed by atoms with E-state index < -0.39 is 5.91 Å². The maximum Gasteiger partial charge on any atom is 0.267 e. The molecule has 0 aliphatic carbocycles. The molecule has 0 bridgehead atoms. The lowest BCUT2D eigenvalue weighted by Crippen LogP contribution is -2.45. The Morgan fingerprint density at radius 1 is 1.26 bits per heavy atom. The van der Waals surface area contributed by atoms with E-state index >= 15 is 0 Å². The van der Waals surface area contributed by atoms with Crippen LogP contribution in [0, 0.1) is 5.82 Å². The molecular formula is C18H23ClFN5O2. The highest BCUT2D eigenvalue weighted by Gasteiger charge is 2.23. The van der Waals surface area contributed by atoms with Crippen LogP contribution >= 0.6 is 12.4 Å². The molecule has 0 spiro atoms. The van der Waals surface area contributed by atoms with Crippen LogP contribution in [-0.2, 0) is 0 Å². The molecule has 146 valence electrons. The van der Waals surface area contributed by atoms with Crippen molar-refractivity contribution in [2.24, 2.45) is 5.73 Å². The number of hydrogen-bond acceptors (Lipinski definition) is 6. The molecule has 3 N–H and O–H groups in total. The molecule has 1 aromatic heterocycles. The number of nitrogens with two attached hydrogens (primary N) is 1. The van der Waals surface area contributed by atoms with Crippen LogP contribution in [0.4, 0.5) is 10.3 Å². The number of amides is 1. The number of carbonyl (C=O) groups excluding carboxylic acids is 1. The van der Waals surface area contributed by atoms with E-state index in [1.165, 1.54) is 24.4 Å². The third kappa shape index (κ3) is 5.77. The summed E-state index contributed by atoms with van der Waals surface area (Å²) in [6, 6.07) is 7.65. The lowest BCUT2D eigenvalue weighted by atomic mass is 10.1. The van der Waals surface area contributed by atoms with Gasteiger partial charge in [0.05, 0.1) is 6.54 Å². The van der Waals surface area contributed by atoms with E-state index in [9.17, 15) is 9.18 Å². The Hall–Kier alpha value is -2.45. The molecule has 1 amide bonds. The highest BCUT2D eigenvalue weighted by Crippen LogP contribution is 2.19. The van der Waals surface area contributed by atoms with E-state index in [0.29, 0.717) is 24.8 Å². The smallest absolute Gasteiger partial charge is 0.267 e. The number of carbonyl (C=O) groups is 1. The SMILES string of the molecule is Cl.NC(=O)c1ccnc(N(CCOc2ccc(F)cc2)C2CCNCC2)n1. The monoisotopic (exact) mass is 395 g/mol. The van der Waals surface area contributed by atoms with Gasteiger partial charge in [-0.3, -0.25) is 4.79 Å². The second-order valence-electron chi connectivity index (χ2n) is 6.08. The van der Waals surface area contributed by atoms with Crippen molar-refractivity contribution < 1.29 is 13.9 Å². The molecule has 2 heterocycles. The quantitative estimate of drug-likeness (QED) is 0.742. The van der Waals surface area contributed by atoms with Gasteiger partial charge in [-0.25, -0.2) is 14.4 Å². The molecule has 2 aromatic rings. The summed E-state index contributed by atoms with van der Waals surface area (Å²) < 4.78 is 18.7. The van der Waals surface area contributed by atoms with Gasteiger partial charge in [-0.15, -0.1) is 12.4 Å². The third-order valence-electron chi connectivity index (χ3n) is 4.32. The van der Waals surface area contributed by atoms with Crippen LogP contribution < -0.4 is 20.7 Å². The summed E-state index contributed by atoms with van der Waals surface area (Å²) in [6.45, 7) is 2.76. The Kier molecular flexibility index (Phi) is 7.75. The molecule has 3 rings (SSSR count). The molecule has 1 aromatic carbocycles. The minimum absolute atomic E-state index is 0. The summed E-state index contributed by atoms with van der Waals surface area (Å²) in [7, 11) is 0. The van der Waals surface area contributed by atoms with E-state index in [4.69, 9.17) is 10.5 Å². The van der Waals surface area contributed by atoms with E-state index in [1.54, 1.807) is 12.1 Å². The normalized spacial score (nSPS) is 14.3. The number of nitrogens with zero attached hydrogens (tertiary/aromatic N) is 3. The minimum Gasteiger partial charge on any atom is -0.492 e. The average Bonchev–Trinajstić information content (AvgIpc) is 2.67. The molecule has 0 unspecified atom stereocenters. The first-order chi connectivity index (χ1) is 12.6. The summed E-state index contributed by atoms with van der Waals surface area (Å²) in [4.78, 5) is 22.1. The van der Waals surface area contributed by atoms with Crippen molar-refractivity contribution in [1.29, 1.82) is 0 Å². The van der Waals surface area contributed by atoms with Gasteiger partial charge >= 0.3 is 0 Å². The third-order valence-corrected chi connectivity index (χ3v) is 4.32. The lowest BCUT2D eigenvalue weighted by Gasteiger charge is -2.34. The zero-order valence-electron chi connectivity index (χ0n) is 14.8. The predicted molar refractivity (Wildman–Crippen MR) is 103 cm³/mol. The van der Waals surface area contributed by atoms with Crippen LogP contribution in [0.1, 0.15) is 23.3 Å². The summed E-state index contributed by atoms with van der Waals surface area (Å²) in [5.41, 5.74) is 5.52. The molecular weight excluding hydrogens is 373 g/mol. The van der Waals surface area contributed by atoms with Crippen LogP contribution in [0.3, 0.4) is 0 Å². The first-order valence-electron chi connectivity index (χ1n) is 8.62. The molecule has 1 aliphatic rings. The second kappa shape index (κ2) is 10.0. The van der Waals surface area contributed by atoms with Crippen molar-refractivity contribution in [3.8, 4) is 5.75 Å². The van der Waals surface area contributed by atoms with Crippen molar-refractivity contribution in [2.75, 3.05) is 31.1 Å². The Balaban J connectivity index is 0.00000261. The summed E-state index contributed by atoms with van der Waals surface area (Å²) >= 11 is 0. The number of rotatable bonds is 7. The van der Waals surface area contributed by atoms with Gasteiger partial charge < -0.3 is 20.7 Å². The highest BCUT2D eigenvalue weighted by atomic mass is 35.5. The summed E-state index contributed by atoms with van der Waals surface area (Å²) in [5.74, 6) is 0.186. The van der Waals surface area contributed by atoms with Gasteiger partial charge in [0.1, 0.15) is 23.9 Å². The zero-order valence-corrected chi connectivity index (χ0v) is 15.6. The Labute approximate surface area is 163 Å². The number of nitrogens with one attached hydrogen (secondary N) is 1. The van der Waals surface area contributed by atoms with Gasteiger partial charge in [-0.05, 0) is 56.3 Å². The van der Waals surface area contributed by atoms with Gasteiger partial charge in [0.15, 0.2) is 0 Å². The van der Waals surface area contributed by atoms with Crippen molar-refractivity contribution in [2.45, 2.75) is 18.9 Å². The zero-order chi connectivity index (χ0) is 18.4. The average molecular weight is 396 g/mol. The van der Waals surface area contributed by atoms with Crippen molar-refractivity contribution in [3.63, 3.8) is 0 Å². The first kappa shape index (κ1) is 20.9. The lowest BCUT2D eigenvalue weighted by molar-refractivity contribution is 0.0995. The van der Waals surface area contributed by atoms with Crippen LogP contribution in [0.2, 0.25) is 0 Å². The van der Waals surface area contributed by atoms with Gasteiger partial charge in [-0.2, -0.15) is 0 Å². The van der Waals surface area contributed by atoms with Gasteiger partial charge in [-0.1, -0.05) is 0 Å². The number of piperidine rings is 1. The van der Waals surface area contributed by atoms with Crippen molar-refractivity contribution >= 4 is 24.3 Å². The Bertz CT molecular complexity index is 741. The number of benzene rings is 1. The molecule has 0 atom stereocenters.